The van der Waals surface area contributed by atoms with Crippen molar-refractivity contribution in [1.29, 1.82) is 0 Å². The number of hydrogen-bond acceptors (Lipinski definition) is 4. The fraction of sp³-hybridized carbons (Fsp3) is 0.357. The Morgan fingerprint density at radius 2 is 2.06 bits per heavy atom. The number of nitrogens with zero attached hydrogens (tertiary/aromatic N) is 1. The average molecular weight is 246 g/mol. The Bertz CT molecular complexity index is 514. The lowest BCUT2D eigenvalue weighted by atomic mass is 10.1. The van der Waals surface area contributed by atoms with Crippen molar-refractivity contribution >= 4 is 10.9 Å². The number of fused-ring (bicyclic) bond motifs is 1. The monoisotopic (exact) mass is 246 g/mol. The van der Waals surface area contributed by atoms with Crippen molar-refractivity contribution in [1.82, 2.24) is 4.98 Å². The van der Waals surface area contributed by atoms with E-state index in [1.54, 1.807) is 0 Å². The molecule has 4 heteroatoms. The van der Waals surface area contributed by atoms with Gasteiger partial charge in [0.2, 0.25) is 5.88 Å². The third-order valence-electron chi connectivity index (χ3n) is 2.68. The van der Waals surface area contributed by atoms with Gasteiger partial charge in [0.05, 0.1) is 12.1 Å². The first-order valence-corrected chi connectivity index (χ1v) is 6.14. The van der Waals surface area contributed by atoms with Crippen LogP contribution in [0.1, 0.15) is 12.5 Å². The molecule has 2 rings (SSSR count). The van der Waals surface area contributed by atoms with E-state index in [0.717, 1.165) is 16.5 Å². The van der Waals surface area contributed by atoms with Gasteiger partial charge in [-0.3, -0.25) is 0 Å². The van der Waals surface area contributed by atoms with Gasteiger partial charge in [-0.15, -0.1) is 0 Å². The van der Waals surface area contributed by atoms with Crippen molar-refractivity contribution in [2.75, 3.05) is 19.8 Å². The molecule has 2 N–H and O–H groups in total. The lowest BCUT2D eigenvalue weighted by molar-refractivity contribution is 0.108. The van der Waals surface area contributed by atoms with E-state index in [-0.39, 0.29) is 0 Å². The first kappa shape index (κ1) is 12.8. The molecule has 0 radical (unpaired) electrons. The number of benzene rings is 1. The van der Waals surface area contributed by atoms with Crippen LogP contribution in [0.3, 0.4) is 0 Å². The Labute approximate surface area is 107 Å². The molecule has 0 saturated heterocycles. The molecule has 1 heterocycles. The molecule has 0 aliphatic heterocycles. The summed E-state index contributed by atoms with van der Waals surface area (Å²) < 4.78 is 10.8. The highest BCUT2D eigenvalue weighted by Gasteiger charge is 2.04. The Morgan fingerprint density at radius 3 is 2.83 bits per heavy atom. The van der Waals surface area contributed by atoms with Gasteiger partial charge in [0, 0.05) is 24.6 Å². The van der Waals surface area contributed by atoms with E-state index < -0.39 is 0 Å². The molecule has 96 valence electrons. The second-order valence-electron chi connectivity index (χ2n) is 3.89. The van der Waals surface area contributed by atoms with E-state index in [9.17, 15) is 0 Å². The zero-order valence-corrected chi connectivity index (χ0v) is 10.6. The molecule has 0 amide bonds. The lowest BCUT2D eigenvalue weighted by Gasteiger charge is -2.09. The smallest absolute Gasteiger partial charge is 0.214 e. The molecule has 0 aliphatic rings. The van der Waals surface area contributed by atoms with Crippen LogP contribution in [0, 0.1) is 0 Å². The van der Waals surface area contributed by atoms with Crippen molar-refractivity contribution in [3.05, 3.63) is 35.9 Å². The fourth-order valence-electron chi connectivity index (χ4n) is 1.81. The highest BCUT2D eigenvalue weighted by Crippen LogP contribution is 2.21. The minimum Gasteiger partial charge on any atom is -0.475 e. The number of para-hydroxylation sites is 1. The standard InChI is InChI=1S/C14H18N2O2/c1-2-17-7-8-18-14-9-11(10-15)12-5-3-4-6-13(12)16-14/h3-6,9H,2,7-8,10,15H2,1H3. The predicted molar refractivity (Wildman–Crippen MR) is 71.6 cm³/mol. The van der Waals surface area contributed by atoms with Gasteiger partial charge in [0.25, 0.3) is 0 Å². The number of nitrogens with two attached hydrogens (primary N) is 1. The quantitative estimate of drug-likeness (QED) is 0.793. The van der Waals surface area contributed by atoms with Gasteiger partial charge in [0.15, 0.2) is 0 Å². The van der Waals surface area contributed by atoms with Gasteiger partial charge < -0.3 is 15.2 Å². The molecule has 0 bridgehead atoms. The van der Waals surface area contributed by atoms with Crippen LogP contribution >= 0.6 is 0 Å². The molecule has 4 nitrogen and oxygen atoms in total. The summed E-state index contributed by atoms with van der Waals surface area (Å²) in [4.78, 5) is 4.45. The predicted octanol–water partition coefficient (Wildman–Crippen LogP) is 2.11. The Hall–Kier alpha value is -1.65. The average Bonchev–Trinajstić information content (AvgIpc) is 2.42. The van der Waals surface area contributed by atoms with Crippen LogP contribution in [-0.2, 0) is 11.3 Å². The zero-order valence-electron chi connectivity index (χ0n) is 10.6. The van der Waals surface area contributed by atoms with E-state index in [1.807, 2.05) is 37.3 Å². The van der Waals surface area contributed by atoms with Crippen molar-refractivity contribution in [2.24, 2.45) is 5.73 Å². The summed E-state index contributed by atoms with van der Waals surface area (Å²) in [7, 11) is 0. The maximum atomic E-state index is 5.75. The van der Waals surface area contributed by atoms with Crippen molar-refractivity contribution in [3.8, 4) is 5.88 Å². The van der Waals surface area contributed by atoms with Crippen molar-refractivity contribution in [3.63, 3.8) is 0 Å². The van der Waals surface area contributed by atoms with E-state index in [4.69, 9.17) is 15.2 Å². The topological polar surface area (TPSA) is 57.4 Å². The van der Waals surface area contributed by atoms with Gasteiger partial charge in [-0.2, -0.15) is 0 Å². The SMILES string of the molecule is CCOCCOc1cc(CN)c2ccccc2n1. The molecular weight excluding hydrogens is 228 g/mol. The molecular formula is C14H18N2O2. The molecule has 0 atom stereocenters. The fourth-order valence-corrected chi connectivity index (χ4v) is 1.81. The Kier molecular flexibility index (Phi) is 4.50. The van der Waals surface area contributed by atoms with Gasteiger partial charge >= 0.3 is 0 Å². The molecule has 1 aromatic heterocycles. The summed E-state index contributed by atoms with van der Waals surface area (Å²) in [6.45, 7) is 4.21. The Morgan fingerprint density at radius 1 is 1.22 bits per heavy atom. The third-order valence-corrected chi connectivity index (χ3v) is 2.68. The van der Waals surface area contributed by atoms with Crippen LogP contribution in [0.5, 0.6) is 5.88 Å². The summed E-state index contributed by atoms with van der Waals surface area (Å²) in [5.74, 6) is 0.605. The lowest BCUT2D eigenvalue weighted by Crippen LogP contribution is -2.08. The minimum atomic E-state index is 0.477. The van der Waals surface area contributed by atoms with Gasteiger partial charge in [-0.25, -0.2) is 4.98 Å². The molecule has 18 heavy (non-hydrogen) atoms. The van der Waals surface area contributed by atoms with Crippen molar-refractivity contribution < 1.29 is 9.47 Å². The van der Waals surface area contributed by atoms with E-state index in [2.05, 4.69) is 4.98 Å². The molecule has 0 unspecified atom stereocenters. The summed E-state index contributed by atoms with van der Waals surface area (Å²) >= 11 is 0. The van der Waals surface area contributed by atoms with Crippen LogP contribution in [0.25, 0.3) is 10.9 Å². The van der Waals surface area contributed by atoms with Crippen LogP contribution in [-0.4, -0.2) is 24.8 Å². The van der Waals surface area contributed by atoms with Crippen molar-refractivity contribution in [2.45, 2.75) is 13.5 Å². The van der Waals surface area contributed by atoms with Crippen LogP contribution in [0.2, 0.25) is 0 Å². The number of ether oxygens (including phenoxy) is 2. The molecule has 0 fully saturated rings. The van der Waals surface area contributed by atoms with E-state index in [0.29, 0.717) is 32.2 Å². The number of pyridine rings is 1. The van der Waals surface area contributed by atoms with E-state index >= 15 is 0 Å². The zero-order chi connectivity index (χ0) is 12.8. The van der Waals surface area contributed by atoms with Gasteiger partial charge in [-0.05, 0) is 18.6 Å². The molecule has 0 saturated carbocycles. The summed E-state index contributed by atoms with van der Waals surface area (Å²) in [6.07, 6.45) is 0. The maximum absolute atomic E-state index is 5.75. The highest BCUT2D eigenvalue weighted by molar-refractivity contribution is 5.82. The molecule has 1 aromatic carbocycles. The highest BCUT2D eigenvalue weighted by atomic mass is 16.5. The van der Waals surface area contributed by atoms with Crippen LogP contribution < -0.4 is 10.5 Å². The Balaban J connectivity index is 2.18. The third kappa shape index (κ3) is 2.97. The summed E-state index contributed by atoms with van der Waals surface area (Å²) in [5, 5.41) is 1.08. The first-order valence-electron chi connectivity index (χ1n) is 6.14. The largest absolute Gasteiger partial charge is 0.475 e. The van der Waals surface area contributed by atoms with Crippen LogP contribution in [0.15, 0.2) is 30.3 Å². The number of hydrogen-bond donors (Lipinski definition) is 1. The van der Waals surface area contributed by atoms with E-state index in [1.165, 1.54) is 0 Å². The summed E-state index contributed by atoms with van der Waals surface area (Å²) in [6, 6.07) is 9.82. The van der Waals surface area contributed by atoms with Gasteiger partial charge in [0.1, 0.15) is 6.61 Å². The normalized spacial score (nSPS) is 10.8. The van der Waals surface area contributed by atoms with Gasteiger partial charge in [-0.1, -0.05) is 18.2 Å². The maximum Gasteiger partial charge on any atom is 0.214 e. The molecule has 0 aliphatic carbocycles. The minimum absolute atomic E-state index is 0.477. The number of aromatic nitrogens is 1. The molecule has 0 spiro atoms. The second kappa shape index (κ2) is 6.33. The molecule has 2 aromatic rings. The summed E-state index contributed by atoms with van der Waals surface area (Å²) in [5.41, 5.74) is 7.71. The first-order chi connectivity index (χ1) is 8.85. The number of rotatable bonds is 6. The van der Waals surface area contributed by atoms with Crippen LogP contribution in [0.4, 0.5) is 0 Å². The second-order valence-corrected chi connectivity index (χ2v) is 3.89.